The highest BCUT2D eigenvalue weighted by Gasteiger charge is 2.21. The van der Waals surface area contributed by atoms with E-state index in [1.54, 1.807) is 12.1 Å². The number of hydrogen-bond acceptors (Lipinski definition) is 6. The van der Waals surface area contributed by atoms with Crippen LogP contribution < -0.4 is 15.9 Å². The van der Waals surface area contributed by atoms with Gasteiger partial charge in [0.05, 0.1) is 31.1 Å². The average Bonchev–Trinajstić information content (AvgIpc) is 2.55. The van der Waals surface area contributed by atoms with Crippen molar-refractivity contribution in [1.29, 1.82) is 0 Å². The van der Waals surface area contributed by atoms with Gasteiger partial charge in [0.15, 0.2) is 0 Å². The standard InChI is InChI=1S/C15H14ClN3O4/c1-22-11-5-3-8(15(21)23-2)7-9(11)13(14(17)20)10-4-6-12(16)19-18-10/h3-7,18H,1-2H3,(H2,17,20)/b13-10-. The molecular weight excluding hydrogens is 322 g/mol. The number of allylic oxidation sites excluding steroid dienone is 2. The van der Waals surface area contributed by atoms with Gasteiger partial charge in [-0.2, -0.15) is 5.10 Å². The van der Waals surface area contributed by atoms with E-state index >= 15 is 0 Å². The molecule has 1 aliphatic rings. The van der Waals surface area contributed by atoms with Crippen molar-refractivity contribution < 1.29 is 19.1 Å². The second kappa shape index (κ2) is 6.97. The lowest BCUT2D eigenvalue weighted by atomic mass is 9.99. The van der Waals surface area contributed by atoms with Crippen molar-refractivity contribution in [3.63, 3.8) is 0 Å². The van der Waals surface area contributed by atoms with Crippen molar-refractivity contribution in [2.75, 3.05) is 14.2 Å². The monoisotopic (exact) mass is 335 g/mol. The lowest BCUT2D eigenvalue weighted by Gasteiger charge is -2.15. The van der Waals surface area contributed by atoms with E-state index in [0.29, 0.717) is 17.0 Å². The molecular formula is C15H14ClN3O4. The Morgan fingerprint density at radius 3 is 2.52 bits per heavy atom. The highest BCUT2D eigenvalue weighted by molar-refractivity contribution is 6.68. The first-order valence-electron chi connectivity index (χ1n) is 6.46. The number of halogens is 1. The SMILES string of the molecule is COC(=O)c1ccc(OC)c(/C(C(N)=O)=C2\C=CC(Cl)=NN2)c1. The van der Waals surface area contributed by atoms with Crippen molar-refractivity contribution in [2.24, 2.45) is 10.8 Å². The largest absolute Gasteiger partial charge is 0.496 e. The molecule has 1 aromatic rings. The van der Waals surface area contributed by atoms with Crippen LogP contribution in [0.2, 0.25) is 0 Å². The number of primary amides is 1. The summed E-state index contributed by atoms with van der Waals surface area (Å²) >= 11 is 5.73. The number of esters is 1. The van der Waals surface area contributed by atoms with Gasteiger partial charge in [0.1, 0.15) is 10.9 Å². The quantitative estimate of drug-likeness (QED) is 0.639. The van der Waals surface area contributed by atoms with Crippen molar-refractivity contribution in [3.8, 4) is 5.75 Å². The summed E-state index contributed by atoms with van der Waals surface area (Å²) in [5, 5.41) is 4.05. The Morgan fingerprint density at radius 1 is 1.26 bits per heavy atom. The molecule has 7 nitrogen and oxygen atoms in total. The maximum absolute atomic E-state index is 11.9. The molecule has 0 aliphatic carbocycles. The summed E-state index contributed by atoms with van der Waals surface area (Å²) in [6.07, 6.45) is 3.06. The molecule has 0 bridgehead atoms. The van der Waals surface area contributed by atoms with E-state index in [2.05, 4.69) is 15.3 Å². The van der Waals surface area contributed by atoms with E-state index in [4.69, 9.17) is 22.1 Å². The predicted molar refractivity (Wildman–Crippen MR) is 86.0 cm³/mol. The number of nitrogens with one attached hydrogen (secondary N) is 1. The van der Waals surface area contributed by atoms with Crippen molar-refractivity contribution in [3.05, 3.63) is 47.2 Å². The van der Waals surface area contributed by atoms with E-state index in [0.717, 1.165) is 0 Å². The summed E-state index contributed by atoms with van der Waals surface area (Å²) in [4.78, 5) is 23.6. The van der Waals surface area contributed by atoms with Crippen molar-refractivity contribution in [1.82, 2.24) is 5.43 Å². The second-order valence-corrected chi connectivity index (χ2v) is 4.83. The molecule has 1 amide bonds. The molecule has 0 radical (unpaired) electrons. The van der Waals surface area contributed by atoms with Gasteiger partial charge in [0.2, 0.25) is 0 Å². The number of rotatable bonds is 4. The zero-order valence-corrected chi connectivity index (χ0v) is 13.2. The minimum absolute atomic E-state index is 0.108. The predicted octanol–water partition coefficient (Wildman–Crippen LogP) is 1.39. The summed E-state index contributed by atoms with van der Waals surface area (Å²) in [6, 6.07) is 4.54. The maximum Gasteiger partial charge on any atom is 0.337 e. The Balaban J connectivity index is 2.64. The van der Waals surface area contributed by atoms with E-state index in [9.17, 15) is 9.59 Å². The third-order valence-corrected chi connectivity index (χ3v) is 3.29. The first-order valence-corrected chi connectivity index (χ1v) is 6.83. The third-order valence-electron chi connectivity index (χ3n) is 3.08. The number of nitrogens with zero attached hydrogens (tertiary/aromatic N) is 1. The van der Waals surface area contributed by atoms with Crippen LogP contribution in [-0.2, 0) is 9.53 Å². The minimum Gasteiger partial charge on any atom is -0.496 e. The van der Waals surface area contributed by atoms with Gasteiger partial charge in [-0.1, -0.05) is 11.6 Å². The zero-order valence-electron chi connectivity index (χ0n) is 12.4. The topological polar surface area (TPSA) is 103 Å². The molecule has 0 saturated carbocycles. The fraction of sp³-hybridized carbons (Fsp3) is 0.133. The molecule has 0 aromatic heterocycles. The molecule has 23 heavy (non-hydrogen) atoms. The molecule has 0 unspecified atom stereocenters. The molecule has 0 fully saturated rings. The van der Waals surface area contributed by atoms with E-state index < -0.39 is 11.9 Å². The summed E-state index contributed by atoms with van der Waals surface area (Å²) in [6.45, 7) is 0. The molecule has 1 aliphatic heterocycles. The average molecular weight is 336 g/mol. The van der Waals surface area contributed by atoms with Gasteiger partial charge >= 0.3 is 5.97 Å². The van der Waals surface area contributed by atoms with E-state index in [1.807, 2.05) is 0 Å². The molecule has 0 saturated heterocycles. The van der Waals surface area contributed by atoms with Crippen LogP contribution in [-0.4, -0.2) is 31.3 Å². The molecule has 0 spiro atoms. The van der Waals surface area contributed by atoms with Crippen LogP contribution in [0.15, 0.2) is 41.1 Å². The van der Waals surface area contributed by atoms with Gasteiger partial charge in [-0.3, -0.25) is 10.2 Å². The number of methoxy groups -OCH3 is 2. The first-order chi connectivity index (χ1) is 11.0. The number of hydrazone groups is 1. The Labute approximate surface area is 137 Å². The van der Waals surface area contributed by atoms with Gasteiger partial charge in [-0.25, -0.2) is 4.79 Å². The number of carbonyl (C=O) groups is 2. The van der Waals surface area contributed by atoms with Gasteiger partial charge in [-0.05, 0) is 30.4 Å². The summed E-state index contributed by atoms with van der Waals surface area (Å²) in [5.41, 5.74) is 9.17. The smallest absolute Gasteiger partial charge is 0.337 e. The molecule has 3 N–H and O–H groups in total. The van der Waals surface area contributed by atoms with Gasteiger partial charge in [-0.15, -0.1) is 0 Å². The molecule has 1 aromatic carbocycles. The Kier molecular flexibility index (Phi) is 5.02. The Bertz CT molecular complexity index is 753. The first kappa shape index (κ1) is 16.6. The summed E-state index contributed by atoms with van der Waals surface area (Å²) in [7, 11) is 2.71. The van der Waals surface area contributed by atoms with Crippen molar-refractivity contribution in [2.45, 2.75) is 0 Å². The lowest BCUT2D eigenvalue weighted by molar-refractivity contribution is -0.112. The molecule has 1 heterocycles. The van der Waals surface area contributed by atoms with Crippen LogP contribution in [0.5, 0.6) is 5.75 Å². The maximum atomic E-state index is 11.9. The summed E-state index contributed by atoms with van der Waals surface area (Å²) in [5.74, 6) is -0.892. The molecule has 2 rings (SSSR count). The van der Waals surface area contributed by atoms with Crippen LogP contribution in [0.4, 0.5) is 0 Å². The van der Waals surface area contributed by atoms with E-state index in [-0.39, 0.29) is 16.3 Å². The Morgan fingerprint density at radius 2 is 2.00 bits per heavy atom. The summed E-state index contributed by atoms with van der Waals surface area (Å²) < 4.78 is 9.93. The van der Waals surface area contributed by atoms with Crippen LogP contribution in [0.1, 0.15) is 15.9 Å². The molecule has 120 valence electrons. The van der Waals surface area contributed by atoms with Crippen LogP contribution in [0, 0.1) is 0 Å². The van der Waals surface area contributed by atoms with Crippen LogP contribution in [0.3, 0.4) is 0 Å². The van der Waals surface area contributed by atoms with E-state index in [1.165, 1.54) is 32.4 Å². The van der Waals surface area contributed by atoms with Gasteiger partial charge in [0.25, 0.3) is 5.91 Å². The van der Waals surface area contributed by atoms with Crippen LogP contribution in [0.25, 0.3) is 5.57 Å². The number of hydrogen-bond donors (Lipinski definition) is 2. The highest BCUT2D eigenvalue weighted by Crippen LogP contribution is 2.30. The van der Waals surface area contributed by atoms with Crippen molar-refractivity contribution >= 4 is 34.2 Å². The van der Waals surface area contributed by atoms with Gasteiger partial charge < -0.3 is 15.2 Å². The molecule has 8 heteroatoms. The van der Waals surface area contributed by atoms with Crippen LogP contribution >= 0.6 is 11.6 Å². The second-order valence-electron chi connectivity index (χ2n) is 4.44. The number of ether oxygens (including phenoxy) is 2. The molecule has 0 atom stereocenters. The normalized spacial score (nSPS) is 15.3. The fourth-order valence-electron chi connectivity index (χ4n) is 2.04. The Hall–Kier alpha value is -2.80. The highest BCUT2D eigenvalue weighted by atomic mass is 35.5. The van der Waals surface area contributed by atoms with Gasteiger partial charge in [0, 0.05) is 5.56 Å². The number of benzene rings is 1. The lowest BCUT2D eigenvalue weighted by Crippen LogP contribution is -2.21. The fourth-order valence-corrected chi connectivity index (χ4v) is 2.14. The number of carbonyl (C=O) groups excluding carboxylic acids is 2. The number of nitrogens with two attached hydrogens (primary N) is 1. The number of amides is 1. The third kappa shape index (κ3) is 3.51. The minimum atomic E-state index is -0.717. The zero-order chi connectivity index (χ0) is 17.0.